The van der Waals surface area contributed by atoms with Crippen molar-refractivity contribution in [3.05, 3.63) is 140 Å². The van der Waals surface area contributed by atoms with Gasteiger partial charge >= 0.3 is 0 Å². The van der Waals surface area contributed by atoms with Gasteiger partial charge in [-0.1, -0.05) is 91.0 Å². The summed E-state index contributed by atoms with van der Waals surface area (Å²) < 4.78 is 2.37. The predicted octanol–water partition coefficient (Wildman–Crippen LogP) is 9.75. The summed E-state index contributed by atoms with van der Waals surface area (Å²) in [5, 5.41) is 5.04. The van der Waals surface area contributed by atoms with Crippen LogP contribution in [0.2, 0.25) is 0 Å². The number of para-hydroxylation sites is 3. The van der Waals surface area contributed by atoms with Crippen molar-refractivity contribution >= 4 is 43.6 Å². The molecule has 0 saturated heterocycles. The number of nitrogens with one attached hydrogen (secondary N) is 1. The van der Waals surface area contributed by atoms with Crippen LogP contribution in [0.4, 0.5) is 0 Å². The second kappa shape index (κ2) is 8.22. The van der Waals surface area contributed by atoms with Crippen molar-refractivity contribution in [2.24, 2.45) is 0 Å². The monoisotopic (exact) mass is 484 g/mol. The lowest BCUT2D eigenvalue weighted by Crippen LogP contribution is -1.93. The highest BCUT2D eigenvalue weighted by molar-refractivity contribution is 6.13. The Morgan fingerprint density at radius 3 is 1.89 bits per heavy atom. The summed E-state index contributed by atoms with van der Waals surface area (Å²) in [4.78, 5) is 3.66. The molecule has 2 heteroatoms. The normalized spacial score (nSPS) is 11.7. The molecular formula is C36H24N2. The smallest absolute Gasteiger partial charge is 0.0541 e. The minimum Gasteiger partial charge on any atom is -0.354 e. The van der Waals surface area contributed by atoms with Crippen molar-refractivity contribution < 1.29 is 0 Å². The van der Waals surface area contributed by atoms with E-state index in [-0.39, 0.29) is 0 Å². The summed E-state index contributed by atoms with van der Waals surface area (Å²) >= 11 is 0. The number of aromatic nitrogens is 2. The van der Waals surface area contributed by atoms with Crippen LogP contribution >= 0.6 is 0 Å². The van der Waals surface area contributed by atoms with Gasteiger partial charge in [0.2, 0.25) is 0 Å². The number of nitrogens with zero attached hydrogens (tertiary/aromatic N) is 1. The first-order chi connectivity index (χ1) is 18.8. The molecule has 38 heavy (non-hydrogen) atoms. The maximum absolute atomic E-state index is 3.66. The molecule has 2 nitrogen and oxygen atoms in total. The molecule has 0 atom stereocenters. The summed E-state index contributed by atoms with van der Waals surface area (Å²) in [6.07, 6.45) is 0. The predicted molar refractivity (Wildman–Crippen MR) is 161 cm³/mol. The van der Waals surface area contributed by atoms with Gasteiger partial charge in [0, 0.05) is 38.3 Å². The number of hydrogen-bond acceptors (Lipinski definition) is 0. The molecule has 0 amide bonds. The van der Waals surface area contributed by atoms with Gasteiger partial charge in [-0.3, -0.25) is 0 Å². The molecule has 0 saturated carbocycles. The Hall–Kier alpha value is -5.08. The lowest BCUT2D eigenvalue weighted by Gasteiger charge is -2.12. The van der Waals surface area contributed by atoms with Crippen LogP contribution < -0.4 is 0 Å². The Kier molecular flexibility index (Phi) is 4.55. The number of fused-ring (bicyclic) bond motifs is 6. The molecule has 178 valence electrons. The highest BCUT2D eigenvalue weighted by atomic mass is 15.0. The van der Waals surface area contributed by atoms with Gasteiger partial charge in [-0.05, 0) is 70.8 Å². The number of aromatic amines is 1. The molecule has 6 aromatic carbocycles. The lowest BCUT2D eigenvalue weighted by atomic mass is 9.92. The second-order valence-corrected chi connectivity index (χ2v) is 9.90. The largest absolute Gasteiger partial charge is 0.354 e. The molecule has 2 aromatic heterocycles. The zero-order valence-electron chi connectivity index (χ0n) is 20.7. The molecular weight excluding hydrogens is 460 g/mol. The molecule has 0 spiro atoms. The third kappa shape index (κ3) is 3.14. The van der Waals surface area contributed by atoms with Crippen LogP contribution in [0.25, 0.3) is 71.6 Å². The summed E-state index contributed by atoms with van der Waals surface area (Å²) in [6, 6.07) is 50.2. The van der Waals surface area contributed by atoms with E-state index < -0.39 is 0 Å². The van der Waals surface area contributed by atoms with Crippen LogP contribution in [0, 0.1) is 0 Å². The minimum absolute atomic E-state index is 1.16. The average molecular weight is 485 g/mol. The zero-order valence-corrected chi connectivity index (χ0v) is 20.7. The summed E-state index contributed by atoms with van der Waals surface area (Å²) in [7, 11) is 0. The van der Waals surface area contributed by atoms with Gasteiger partial charge in [-0.2, -0.15) is 0 Å². The van der Waals surface area contributed by atoms with Gasteiger partial charge in [0.05, 0.1) is 11.0 Å². The van der Waals surface area contributed by atoms with Crippen molar-refractivity contribution in [2.45, 2.75) is 0 Å². The molecule has 0 fully saturated rings. The van der Waals surface area contributed by atoms with Crippen LogP contribution in [0.1, 0.15) is 0 Å². The fraction of sp³-hybridized carbons (Fsp3) is 0. The van der Waals surface area contributed by atoms with Crippen molar-refractivity contribution in [3.8, 4) is 27.9 Å². The highest BCUT2D eigenvalue weighted by Crippen LogP contribution is 2.40. The SMILES string of the molecule is c1ccc(-c2cc3c(cc2-c2ccc4c(c2)c2ccccc2n4-c2ccccc2)[nH]c2ccccc23)cc1. The third-order valence-electron chi connectivity index (χ3n) is 7.73. The Morgan fingerprint density at radius 2 is 1.05 bits per heavy atom. The molecule has 0 aliphatic heterocycles. The first-order valence-corrected chi connectivity index (χ1v) is 13.0. The van der Waals surface area contributed by atoms with Crippen LogP contribution in [-0.2, 0) is 0 Å². The molecule has 0 radical (unpaired) electrons. The van der Waals surface area contributed by atoms with Crippen molar-refractivity contribution in [1.29, 1.82) is 0 Å². The number of rotatable bonds is 3. The van der Waals surface area contributed by atoms with Crippen LogP contribution in [0.3, 0.4) is 0 Å². The minimum atomic E-state index is 1.16. The van der Waals surface area contributed by atoms with E-state index >= 15 is 0 Å². The van der Waals surface area contributed by atoms with Crippen LogP contribution in [0.15, 0.2) is 140 Å². The first kappa shape index (κ1) is 21.0. The lowest BCUT2D eigenvalue weighted by molar-refractivity contribution is 1.18. The quantitative estimate of drug-likeness (QED) is 0.258. The third-order valence-corrected chi connectivity index (χ3v) is 7.73. The van der Waals surface area contributed by atoms with E-state index in [2.05, 4.69) is 149 Å². The first-order valence-electron chi connectivity index (χ1n) is 13.0. The van der Waals surface area contributed by atoms with Crippen LogP contribution in [0.5, 0.6) is 0 Å². The van der Waals surface area contributed by atoms with Gasteiger partial charge in [0.25, 0.3) is 0 Å². The molecule has 8 aromatic rings. The van der Waals surface area contributed by atoms with E-state index in [1.807, 2.05) is 0 Å². The summed E-state index contributed by atoms with van der Waals surface area (Å²) in [5.74, 6) is 0. The molecule has 2 heterocycles. The van der Waals surface area contributed by atoms with E-state index in [4.69, 9.17) is 0 Å². The Balaban J connectivity index is 1.43. The van der Waals surface area contributed by atoms with E-state index in [0.29, 0.717) is 0 Å². The summed E-state index contributed by atoms with van der Waals surface area (Å²) in [5.41, 5.74) is 10.9. The number of benzene rings is 6. The van der Waals surface area contributed by atoms with Gasteiger partial charge < -0.3 is 9.55 Å². The molecule has 0 unspecified atom stereocenters. The van der Waals surface area contributed by atoms with E-state index in [9.17, 15) is 0 Å². The van der Waals surface area contributed by atoms with E-state index in [0.717, 1.165) is 5.52 Å². The topological polar surface area (TPSA) is 20.7 Å². The Morgan fingerprint density at radius 1 is 0.395 bits per heavy atom. The maximum Gasteiger partial charge on any atom is 0.0541 e. The molecule has 0 aliphatic rings. The standard InChI is InChI=1S/C36H24N2/c1-3-11-24(12-4-1)29-22-31-27-15-7-9-17-33(27)37-34(31)23-30(29)25-19-20-36-32(21-25)28-16-8-10-18-35(28)38(36)26-13-5-2-6-14-26/h1-23,37H. The highest BCUT2D eigenvalue weighted by Gasteiger charge is 2.16. The Labute approximate surface area is 220 Å². The molecule has 0 aliphatic carbocycles. The van der Waals surface area contributed by atoms with Crippen LogP contribution in [-0.4, -0.2) is 9.55 Å². The van der Waals surface area contributed by atoms with E-state index in [1.165, 1.54) is 66.0 Å². The van der Waals surface area contributed by atoms with Gasteiger partial charge in [-0.15, -0.1) is 0 Å². The van der Waals surface area contributed by atoms with Gasteiger partial charge in [0.15, 0.2) is 0 Å². The molecule has 1 N–H and O–H groups in total. The van der Waals surface area contributed by atoms with Gasteiger partial charge in [-0.25, -0.2) is 0 Å². The maximum atomic E-state index is 3.66. The fourth-order valence-corrected chi connectivity index (χ4v) is 5.99. The molecule has 0 bridgehead atoms. The fourth-order valence-electron chi connectivity index (χ4n) is 5.99. The molecule has 8 rings (SSSR count). The number of H-pyrrole nitrogens is 1. The van der Waals surface area contributed by atoms with E-state index in [1.54, 1.807) is 0 Å². The van der Waals surface area contributed by atoms with Crippen molar-refractivity contribution in [2.75, 3.05) is 0 Å². The Bertz CT molecular complexity index is 2110. The zero-order chi connectivity index (χ0) is 25.1. The van der Waals surface area contributed by atoms with Gasteiger partial charge in [0.1, 0.15) is 0 Å². The van der Waals surface area contributed by atoms with Crippen molar-refractivity contribution in [1.82, 2.24) is 9.55 Å². The summed E-state index contributed by atoms with van der Waals surface area (Å²) in [6.45, 7) is 0. The van der Waals surface area contributed by atoms with Crippen molar-refractivity contribution in [3.63, 3.8) is 0 Å². The number of hydrogen-bond donors (Lipinski definition) is 1. The average Bonchev–Trinajstić information content (AvgIpc) is 3.52. The second-order valence-electron chi connectivity index (χ2n) is 9.90.